The summed E-state index contributed by atoms with van der Waals surface area (Å²) in [6.07, 6.45) is 1.86. The number of likely N-dealkylation sites (tertiary alicyclic amines) is 1. The number of carbonyl (C=O) groups excluding carboxylic acids is 5. The molecule has 0 aliphatic carbocycles. The zero-order valence-electron chi connectivity index (χ0n) is 47.7. The van der Waals surface area contributed by atoms with Gasteiger partial charge in [-0.05, 0) is 121 Å². The molecule has 5 aromatic rings. The van der Waals surface area contributed by atoms with E-state index in [4.69, 9.17) is 33.3 Å². The first-order chi connectivity index (χ1) is 38.4. The number of amides is 3. The third kappa shape index (κ3) is 14.5. The van der Waals surface area contributed by atoms with E-state index in [1.807, 2.05) is 36.4 Å². The van der Waals surface area contributed by atoms with Gasteiger partial charge in [-0.15, -0.1) is 22.0 Å². The third-order valence-corrected chi connectivity index (χ3v) is 15.2. The summed E-state index contributed by atoms with van der Waals surface area (Å²) < 4.78 is 41.1. The largest absolute Gasteiger partial charge is 0.497 e. The Labute approximate surface area is 479 Å². The number of quaternary nitrogens is 1. The molecule has 2 atom stereocenters. The molecule has 5 heterocycles. The van der Waals surface area contributed by atoms with Crippen LogP contribution in [0.1, 0.15) is 117 Å². The second-order valence-electron chi connectivity index (χ2n) is 22.3. The Morgan fingerprint density at radius 1 is 0.852 bits per heavy atom. The molecule has 0 bridgehead atoms. The highest BCUT2D eigenvalue weighted by molar-refractivity contribution is 8.00. The van der Waals surface area contributed by atoms with Gasteiger partial charge in [-0.25, -0.2) is 19.3 Å². The maximum atomic E-state index is 14.6. The molecule has 2 N–H and O–H groups in total. The van der Waals surface area contributed by atoms with Crippen molar-refractivity contribution in [3.05, 3.63) is 105 Å². The predicted octanol–water partition coefficient (Wildman–Crippen LogP) is 5.05. The number of methoxy groups -OCH3 is 2. The number of nitrogens with zero attached hydrogens (tertiary/aromatic N) is 9. The van der Waals surface area contributed by atoms with Crippen LogP contribution in [0.25, 0.3) is 5.70 Å². The number of aromatic nitrogens is 6. The van der Waals surface area contributed by atoms with Crippen LogP contribution in [-0.2, 0) is 41.9 Å². The number of esters is 2. The maximum Gasteiger partial charge on any atom is 0.353 e. The lowest BCUT2D eigenvalue weighted by atomic mass is 10.0. The molecule has 0 unspecified atom stereocenters. The Bertz CT molecular complexity index is 3200. The Kier molecular flexibility index (Phi) is 18.1. The number of benzene rings is 3. The minimum absolute atomic E-state index is 0.0241. The highest BCUT2D eigenvalue weighted by atomic mass is 32.2. The van der Waals surface area contributed by atoms with Crippen molar-refractivity contribution >= 4 is 72.3 Å². The number of oxime groups is 1. The van der Waals surface area contributed by atoms with E-state index >= 15 is 0 Å². The molecular weight excluding hydrogens is 1080 g/mol. The van der Waals surface area contributed by atoms with Crippen LogP contribution in [0, 0.1) is 6.92 Å². The third-order valence-electron chi connectivity index (χ3n) is 13.2. The number of hydrogen-bond donors (Lipinski definition) is 2. The number of hydrogen-bond acceptors (Lipinski definition) is 20. The quantitative estimate of drug-likeness (QED) is 0.0229. The fourth-order valence-corrected chi connectivity index (χ4v) is 11.1. The van der Waals surface area contributed by atoms with E-state index in [-0.39, 0.29) is 59.7 Å². The number of aryl methyl sites for hydroxylation is 1. The van der Waals surface area contributed by atoms with Crippen LogP contribution < -0.4 is 29.6 Å². The standard InChI is InChI=1S/C55H68BN11O12S2/c1-32-58-45(63-81-32)41(62-79-55(8,9)52(72)78-54(5,6)7)48(69)59-42-49(70)65-43(46-60-64-66(56)61-46)35(31-80-50(42)65)28-67(25-12-13-26-67)27-24-57-47(68)38-22-23-39(75-29-33-14-18-36(73-10)19-15-33)44(40(38)51(71)77-53(2,3)4)76-30-34-16-20-37(74-11)21-17-34/h14-23,42,50H,12-13,24-31,56H2,1-11H3,(H-,57,59,68,69)/p+1/b62-41-/t42-,50-/m1/s1. The average Bonchev–Trinajstić information content (AvgIpc) is 4.34. The number of tetrazole rings is 1. The first kappa shape index (κ1) is 59.5. The summed E-state index contributed by atoms with van der Waals surface area (Å²) in [6.45, 7) is 18.0. The Balaban J connectivity index is 1.03. The average molecular weight is 1150 g/mol. The van der Waals surface area contributed by atoms with Crippen LogP contribution in [0.15, 0.2) is 71.4 Å². The molecule has 2 aromatic heterocycles. The number of fused-ring (bicyclic) bond motifs is 1. The normalized spacial score (nSPS) is 17.1. The van der Waals surface area contributed by atoms with Gasteiger partial charge in [0, 0.05) is 24.2 Å². The number of thioether (sulfide) groups is 1. The van der Waals surface area contributed by atoms with Gasteiger partial charge in [0.05, 0.1) is 51.7 Å². The smallest absolute Gasteiger partial charge is 0.353 e. The van der Waals surface area contributed by atoms with Crippen LogP contribution in [0.2, 0.25) is 0 Å². The molecule has 8 rings (SSSR count). The van der Waals surface area contributed by atoms with Crippen molar-refractivity contribution in [2.45, 2.75) is 117 Å². The van der Waals surface area contributed by atoms with Crippen molar-refractivity contribution in [3.63, 3.8) is 0 Å². The first-order valence-corrected chi connectivity index (χ1v) is 28.3. The molecule has 430 valence electrons. The van der Waals surface area contributed by atoms with Crippen LogP contribution in [0.5, 0.6) is 23.0 Å². The molecule has 0 spiro atoms. The molecule has 0 radical (unpaired) electrons. The van der Waals surface area contributed by atoms with Gasteiger partial charge in [-0.2, -0.15) is 4.37 Å². The summed E-state index contributed by atoms with van der Waals surface area (Å²) in [5.74, 6) is -0.896. The van der Waals surface area contributed by atoms with E-state index in [9.17, 15) is 24.0 Å². The van der Waals surface area contributed by atoms with Gasteiger partial charge in [0.25, 0.3) is 25.7 Å². The number of nitrogens with one attached hydrogen (secondary N) is 2. The van der Waals surface area contributed by atoms with Gasteiger partial charge in [-0.3, -0.25) is 19.3 Å². The van der Waals surface area contributed by atoms with Crippen LogP contribution >= 0.6 is 23.3 Å². The zero-order valence-corrected chi connectivity index (χ0v) is 49.4. The summed E-state index contributed by atoms with van der Waals surface area (Å²) in [4.78, 5) is 82.2. The van der Waals surface area contributed by atoms with E-state index in [0.29, 0.717) is 45.5 Å². The Morgan fingerprint density at radius 2 is 1.48 bits per heavy atom. The van der Waals surface area contributed by atoms with Crippen molar-refractivity contribution in [3.8, 4) is 23.0 Å². The van der Waals surface area contributed by atoms with Crippen molar-refractivity contribution in [2.24, 2.45) is 5.16 Å². The second-order valence-corrected chi connectivity index (χ2v) is 24.4. The van der Waals surface area contributed by atoms with Crippen molar-refractivity contribution in [1.82, 2.24) is 45.0 Å². The van der Waals surface area contributed by atoms with Crippen LogP contribution in [-0.4, -0.2) is 163 Å². The predicted molar refractivity (Wildman–Crippen MR) is 303 cm³/mol. The van der Waals surface area contributed by atoms with Gasteiger partial charge < -0.3 is 48.4 Å². The SMILES string of the molecule is Bn1nnc(C2=C(C[N+]3(CCNC(=O)c4ccc(OCc5ccc(OC)cc5)c(OCc5ccc(OC)cc5)c4C(=O)OC(C)(C)C)CCCC3)CS[C@@H]3[C@H](NC(=O)/C(=N\OC(C)(C)C(=O)OC(C)(C)C)c4nsc(C)n4)C(=O)N23)n1. The lowest BCUT2D eigenvalue weighted by Crippen LogP contribution is -2.70. The molecule has 0 saturated carbocycles. The van der Waals surface area contributed by atoms with Gasteiger partial charge >= 0.3 is 11.9 Å². The molecule has 26 heteroatoms. The summed E-state index contributed by atoms with van der Waals surface area (Å²) in [5, 5.41) is 23.0. The molecule has 3 amide bonds. The minimum atomic E-state index is -1.60. The highest BCUT2D eigenvalue weighted by Gasteiger charge is 2.55. The van der Waals surface area contributed by atoms with E-state index < -0.39 is 57.9 Å². The van der Waals surface area contributed by atoms with Gasteiger partial charge in [0.15, 0.2) is 11.5 Å². The van der Waals surface area contributed by atoms with E-state index in [2.05, 4.69) is 40.6 Å². The summed E-state index contributed by atoms with van der Waals surface area (Å²) >= 11 is 2.53. The number of carbonyl (C=O) groups is 5. The molecule has 2 fully saturated rings. The molecule has 2 saturated heterocycles. The molecule has 3 aliphatic rings. The summed E-state index contributed by atoms with van der Waals surface area (Å²) in [6, 6.07) is 16.8. The van der Waals surface area contributed by atoms with Gasteiger partial charge in [0.1, 0.15) is 64.4 Å². The van der Waals surface area contributed by atoms with Crippen molar-refractivity contribution < 1.29 is 61.7 Å². The lowest BCUT2D eigenvalue weighted by Gasteiger charge is -2.50. The van der Waals surface area contributed by atoms with Gasteiger partial charge in [0.2, 0.25) is 23.0 Å². The fourth-order valence-electron chi connectivity index (χ4n) is 9.26. The van der Waals surface area contributed by atoms with Gasteiger partial charge in [-0.1, -0.05) is 34.6 Å². The molecule has 81 heavy (non-hydrogen) atoms. The van der Waals surface area contributed by atoms with Crippen LogP contribution in [0.3, 0.4) is 0 Å². The number of rotatable bonds is 22. The van der Waals surface area contributed by atoms with Crippen molar-refractivity contribution in [2.75, 3.05) is 52.7 Å². The molecular formula is C55H69BN11O12S2+. The molecule has 23 nitrogen and oxygen atoms in total. The van der Waals surface area contributed by atoms with Crippen LogP contribution in [0.4, 0.5) is 0 Å². The summed E-state index contributed by atoms with van der Waals surface area (Å²) in [7, 11) is 4.81. The molecule has 3 aromatic carbocycles. The highest BCUT2D eigenvalue weighted by Crippen LogP contribution is 2.44. The Morgan fingerprint density at radius 3 is 2.05 bits per heavy atom. The minimum Gasteiger partial charge on any atom is -0.497 e. The maximum absolute atomic E-state index is 14.6. The first-order valence-electron chi connectivity index (χ1n) is 26.4. The Hall–Kier alpha value is -7.58. The second kappa shape index (κ2) is 24.7. The fraction of sp³-hybridized carbons (Fsp3) is 0.473. The lowest BCUT2D eigenvalue weighted by molar-refractivity contribution is -0.911. The van der Waals surface area contributed by atoms with E-state index in [1.165, 1.54) is 30.3 Å². The monoisotopic (exact) mass is 1150 g/mol. The van der Waals surface area contributed by atoms with E-state index in [0.717, 1.165) is 54.2 Å². The topological polar surface area (TPSA) is 259 Å². The van der Waals surface area contributed by atoms with Crippen molar-refractivity contribution in [1.29, 1.82) is 0 Å². The van der Waals surface area contributed by atoms with E-state index in [1.54, 1.807) is 99.8 Å². The molecule has 3 aliphatic heterocycles. The number of β-lactam (4-membered cyclic amide) rings is 1. The number of ether oxygens (including phenoxy) is 6. The summed E-state index contributed by atoms with van der Waals surface area (Å²) in [5.41, 5.74) is -0.708. The zero-order chi connectivity index (χ0) is 58.4.